The molecule has 434 valence electrons. The first-order valence-corrected chi connectivity index (χ1v) is 32.7. The van der Waals surface area contributed by atoms with E-state index >= 15 is 0 Å². The number of para-hydroxylation sites is 10. The number of hydrogen-bond donors (Lipinski definition) is 0. The highest BCUT2D eigenvalue weighted by Crippen LogP contribution is 2.53. The zero-order chi connectivity index (χ0) is 61.1. The maximum atomic E-state index is 7.01. The summed E-state index contributed by atoms with van der Waals surface area (Å²) in [6, 6.07) is 123. The van der Waals surface area contributed by atoms with Crippen LogP contribution in [0.3, 0.4) is 0 Å². The van der Waals surface area contributed by atoms with Crippen LogP contribution in [0.5, 0.6) is 0 Å². The van der Waals surface area contributed by atoms with Gasteiger partial charge in [0.25, 0.3) is 6.71 Å². The maximum Gasteiger partial charge on any atom is 0.252 e. The quantitative estimate of drug-likeness (QED) is 0.126. The summed E-state index contributed by atoms with van der Waals surface area (Å²) in [7, 11) is 0. The third-order valence-corrected chi connectivity index (χ3v) is 20.3. The fourth-order valence-electron chi connectivity index (χ4n) is 15.4. The number of furan rings is 1. The molecule has 0 saturated heterocycles. The standard InChI is InChI=1S/C84H55B2N5OS/c1-7-28-56(29-8-1)87(57-30-9-2-10-31-57)62-50-76-82-77(51-62)91(72-46-23-19-40-64(72)66-42-27-43-67-65-41-20-25-48-79(65)92-84(66)67)75-55-74-70(54-71(75)85(82)68-44-21-24-47-73(68)89(76)60-36-15-5-16-37-60)86-69-45-22-26-49-80(69)93-81-53-63(52-78(83(81)86)90(74)61-38-17-6-18-39-61)88(58-32-11-3-12-33-58)59-34-13-4-14-35-59/h1-55H. The van der Waals surface area contributed by atoms with E-state index in [1.165, 1.54) is 42.6 Å². The first-order valence-electron chi connectivity index (χ1n) is 31.9. The van der Waals surface area contributed by atoms with Gasteiger partial charge in [-0.25, -0.2) is 0 Å². The molecule has 0 atom stereocenters. The largest absolute Gasteiger partial charge is 0.455 e. The Morgan fingerprint density at radius 3 is 1.33 bits per heavy atom. The van der Waals surface area contributed by atoms with Gasteiger partial charge in [-0.1, -0.05) is 223 Å². The molecule has 4 aliphatic heterocycles. The molecule has 9 heteroatoms. The van der Waals surface area contributed by atoms with Gasteiger partial charge in [-0.05, 0) is 155 Å². The van der Waals surface area contributed by atoms with Crippen molar-refractivity contribution in [1.82, 2.24) is 0 Å². The lowest BCUT2D eigenvalue weighted by molar-refractivity contribution is 0.670. The van der Waals surface area contributed by atoms with Gasteiger partial charge in [0.15, 0.2) is 0 Å². The molecule has 19 rings (SSSR count). The predicted octanol–water partition coefficient (Wildman–Crippen LogP) is 19.0. The van der Waals surface area contributed by atoms with Crippen molar-refractivity contribution in [3.05, 3.63) is 334 Å². The molecule has 0 N–H and O–H groups in total. The second-order valence-corrected chi connectivity index (χ2v) is 25.4. The Kier molecular flexibility index (Phi) is 12.3. The fraction of sp³-hybridized carbons (Fsp3) is 0. The molecule has 15 aromatic rings. The van der Waals surface area contributed by atoms with Gasteiger partial charge in [-0.3, -0.25) is 0 Å². The number of nitrogens with zero attached hydrogens (tertiary/aromatic N) is 5. The molecule has 0 spiro atoms. The third kappa shape index (κ3) is 8.40. The van der Waals surface area contributed by atoms with E-state index in [4.69, 9.17) is 4.42 Å². The summed E-state index contributed by atoms with van der Waals surface area (Å²) >= 11 is 1.89. The first kappa shape index (κ1) is 53.2. The Hall–Kier alpha value is -11.6. The average molecular weight is 1200 g/mol. The lowest BCUT2D eigenvalue weighted by Crippen LogP contribution is -2.64. The number of fused-ring (bicyclic) bond motifs is 11. The Morgan fingerprint density at radius 2 is 0.710 bits per heavy atom. The lowest BCUT2D eigenvalue weighted by Gasteiger charge is -2.47. The van der Waals surface area contributed by atoms with E-state index in [0.717, 1.165) is 118 Å². The van der Waals surface area contributed by atoms with Crippen LogP contribution in [0.2, 0.25) is 0 Å². The zero-order valence-electron chi connectivity index (χ0n) is 50.5. The van der Waals surface area contributed by atoms with Gasteiger partial charge < -0.3 is 28.9 Å². The highest BCUT2D eigenvalue weighted by molar-refractivity contribution is 8.00. The molecule has 5 heterocycles. The van der Waals surface area contributed by atoms with Crippen molar-refractivity contribution in [2.45, 2.75) is 9.79 Å². The van der Waals surface area contributed by atoms with E-state index < -0.39 is 0 Å². The highest BCUT2D eigenvalue weighted by atomic mass is 32.2. The van der Waals surface area contributed by atoms with Crippen molar-refractivity contribution in [2.75, 3.05) is 24.5 Å². The van der Waals surface area contributed by atoms with Gasteiger partial charge >= 0.3 is 0 Å². The topological polar surface area (TPSA) is 29.3 Å². The molecule has 4 aliphatic rings. The molecule has 0 amide bonds. The zero-order valence-corrected chi connectivity index (χ0v) is 51.3. The SMILES string of the molecule is c1ccc(N(c2ccccc2)c2cc3c4c(c2)N(c2ccccc2)c2cc5c(cc2B4c2ccccc2S3)B2c3ccccc3N(c3ccccc3)c3cc(N(c4ccccc4)c4ccccc4)cc(c32)N5c2ccccc2-c2cccc3c2oc2ccccc23)cc1. The van der Waals surface area contributed by atoms with Crippen LogP contribution >= 0.6 is 11.8 Å². The Balaban J connectivity index is 0.950. The van der Waals surface area contributed by atoms with Gasteiger partial charge in [0, 0.05) is 106 Å². The molecule has 14 aromatic carbocycles. The number of hydrogen-bond acceptors (Lipinski definition) is 7. The van der Waals surface area contributed by atoms with Crippen LogP contribution in [-0.2, 0) is 0 Å². The summed E-state index contributed by atoms with van der Waals surface area (Å²) < 4.78 is 7.01. The molecule has 93 heavy (non-hydrogen) atoms. The van der Waals surface area contributed by atoms with Crippen molar-refractivity contribution in [3.8, 4) is 11.1 Å². The van der Waals surface area contributed by atoms with Crippen molar-refractivity contribution >= 4 is 165 Å². The summed E-state index contributed by atoms with van der Waals surface area (Å²) in [4.78, 5) is 15.1. The first-order chi connectivity index (χ1) is 46.2. The minimum Gasteiger partial charge on any atom is -0.455 e. The van der Waals surface area contributed by atoms with Crippen molar-refractivity contribution in [3.63, 3.8) is 0 Å². The summed E-state index contributed by atoms with van der Waals surface area (Å²) in [5.41, 5.74) is 27.7. The molecular weight excluding hydrogens is 1150 g/mol. The van der Waals surface area contributed by atoms with Crippen LogP contribution in [0.15, 0.2) is 348 Å². The monoisotopic (exact) mass is 1200 g/mol. The van der Waals surface area contributed by atoms with Crippen LogP contribution < -0.4 is 57.3 Å². The molecular formula is C84H55B2N5OS. The summed E-state index contributed by atoms with van der Waals surface area (Å²) in [5.74, 6) is 0. The van der Waals surface area contributed by atoms with E-state index in [-0.39, 0.29) is 13.4 Å². The van der Waals surface area contributed by atoms with Crippen molar-refractivity contribution < 1.29 is 4.42 Å². The van der Waals surface area contributed by atoms with Gasteiger partial charge in [0.2, 0.25) is 6.71 Å². The molecule has 0 aliphatic carbocycles. The maximum absolute atomic E-state index is 7.01. The molecule has 6 nitrogen and oxygen atoms in total. The predicted molar refractivity (Wildman–Crippen MR) is 392 cm³/mol. The van der Waals surface area contributed by atoms with E-state index in [0.29, 0.717) is 0 Å². The van der Waals surface area contributed by atoms with Crippen LogP contribution in [0.1, 0.15) is 0 Å². The minimum absolute atomic E-state index is 0.108. The third-order valence-electron chi connectivity index (χ3n) is 19.2. The van der Waals surface area contributed by atoms with Crippen molar-refractivity contribution in [1.29, 1.82) is 0 Å². The molecule has 0 fully saturated rings. The van der Waals surface area contributed by atoms with E-state index in [1.807, 2.05) is 11.8 Å². The summed E-state index contributed by atoms with van der Waals surface area (Å²) in [5, 5.41) is 2.18. The number of rotatable bonds is 10. The summed E-state index contributed by atoms with van der Waals surface area (Å²) in [6.45, 7) is -0.306. The van der Waals surface area contributed by atoms with Gasteiger partial charge in [0.05, 0.1) is 11.4 Å². The van der Waals surface area contributed by atoms with Crippen LogP contribution in [0.4, 0.5) is 85.3 Å². The highest BCUT2D eigenvalue weighted by Gasteiger charge is 2.48. The van der Waals surface area contributed by atoms with E-state index in [9.17, 15) is 0 Å². The van der Waals surface area contributed by atoms with Crippen LogP contribution in [0.25, 0.3) is 33.1 Å². The van der Waals surface area contributed by atoms with E-state index in [1.54, 1.807) is 0 Å². The van der Waals surface area contributed by atoms with E-state index in [2.05, 4.69) is 358 Å². The number of anilines is 15. The molecule has 0 bridgehead atoms. The number of benzene rings is 14. The smallest absolute Gasteiger partial charge is 0.252 e. The van der Waals surface area contributed by atoms with Crippen LogP contribution in [-0.4, -0.2) is 13.4 Å². The molecule has 0 saturated carbocycles. The van der Waals surface area contributed by atoms with Gasteiger partial charge in [0.1, 0.15) is 11.2 Å². The molecule has 0 unspecified atom stereocenters. The Bertz CT molecular complexity index is 5350. The van der Waals surface area contributed by atoms with Crippen molar-refractivity contribution in [2.24, 2.45) is 0 Å². The summed E-state index contributed by atoms with van der Waals surface area (Å²) in [6.07, 6.45) is 0. The minimum atomic E-state index is -0.198. The normalized spacial score (nSPS) is 13.0. The van der Waals surface area contributed by atoms with Gasteiger partial charge in [-0.15, -0.1) is 0 Å². The van der Waals surface area contributed by atoms with Gasteiger partial charge in [-0.2, -0.15) is 0 Å². The fourth-order valence-corrected chi connectivity index (χ4v) is 16.6. The van der Waals surface area contributed by atoms with Crippen LogP contribution in [0, 0.1) is 0 Å². The molecule has 0 radical (unpaired) electrons. The molecule has 1 aromatic heterocycles. The Morgan fingerprint density at radius 1 is 0.269 bits per heavy atom. The second kappa shape index (κ2) is 21.5. The second-order valence-electron chi connectivity index (χ2n) is 24.3. The lowest BCUT2D eigenvalue weighted by atomic mass is 9.30. The Labute approximate surface area is 545 Å². The average Bonchev–Trinajstić information content (AvgIpc) is 0.953.